The predicted octanol–water partition coefficient (Wildman–Crippen LogP) is 4.00. The Bertz CT molecular complexity index is 939. The molecular formula is C18H21N5O2S. The van der Waals surface area contributed by atoms with Gasteiger partial charge in [0.15, 0.2) is 11.6 Å². The summed E-state index contributed by atoms with van der Waals surface area (Å²) < 4.78 is 11.7. The van der Waals surface area contributed by atoms with E-state index in [9.17, 15) is 0 Å². The van der Waals surface area contributed by atoms with Crippen LogP contribution in [0.3, 0.4) is 0 Å². The van der Waals surface area contributed by atoms with Crippen molar-refractivity contribution in [1.29, 1.82) is 0 Å². The Labute approximate surface area is 156 Å². The number of hydrogen-bond acceptors (Lipinski definition) is 8. The lowest BCUT2D eigenvalue weighted by atomic mass is 9.99. The van der Waals surface area contributed by atoms with Crippen molar-refractivity contribution in [2.75, 3.05) is 18.6 Å². The van der Waals surface area contributed by atoms with Crippen molar-refractivity contribution in [1.82, 2.24) is 15.0 Å². The molecule has 0 atom stereocenters. The summed E-state index contributed by atoms with van der Waals surface area (Å²) in [6.07, 6.45) is 3.31. The van der Waals surface area contributed by atoms with Crippen molar-refractivity contribution in [3.8, 4) is 27.7 Å². The second-order valence-electron chi connectivity index (χ2n) is 6.07. The molecule has 3 aromatic rings. The van der Waals surface area contributed by atoms with Crippen LogP contribution in [0.15, 0.2) is 24.5 Å². The first-order valence-electron chi connectivity index (χ1n) is 8.09. The van der Waals surface area contributed by atoms with Crippen molar-refractivity contribution in [3.05, 3.63) is 35.1 Å². The Kier molecular flexibility index (Phi) is 4.94. The SMILES string of the molecule is COc1cc(C(C)C)c(Oc2cnc(N)nc2N)cc1-c1cnc(C)s1. The molecule has 4 N–H and O–H groups in total. The first kappa shape index (κ1) is 17.9. The highest BCUT2D eigenvalue weighted by Gasteiger charge is 2.18. The van der Waals surface area contributed by atoms with E-state index in [0.717, 1.165) is 26.8 Å². The van der Waals surface area contributed by atoms with Gasteiger partial charge in [-0.15, -0.1) is 11.3 Å². The summed E-state index contributed by atoms with van der Waals surface area (Å²) in [6, 6.07) is 3.93. The average molecular weight is 371 g/mol. The highest BCUT2D eigenvalue weighted by atomic mass is 32.1. The van der Waals surface area contributed by atoms with Crippen LogP contribution in [0.4, 0.5) is 11.8 Å². The van der Waals surface area contributed by atoms with Gasteiger partial charge in [-0.3, -0.25) is 0 Å². The molecule has 136 valence electrons. The van der Waals surface area contributed by atoms with Gasteiger partial charge in [0.25, 0.3) is 0 Å². The van der Waals surface area contributed by atoms with E-state index in [2.05, 4.69) is 28.8 Å². The van der Waals surface area contributed by atoms with Gasteiger partial charge in [0.2, 0.25) is 5.95 Å². The van der Waals surface area contributed by atoms with Crippen LogP contribution in [0, 0.1) is 6.92 Å². The van der Waals surface area contributed by atoms with Gasteiger partial charge in [0.05, 0.1) is 23.2 Å². The van der Waals surface area contributed by atoms with Crippen LogP contribution in [0.2, 0.25) is 0 Å². The zero-order valence-electron chi connectivity index (χ0n) is 15.1. The molecule has 0 spiro atoms. The maximum atomic E-state index is 6.05. The van der Waals surface area contributed by atoms with E-state index in [1.807, 2.05) is 25.3 Å². The van der Waals surface area contributed by atoms with Crippen molar-refractivity contribution in [2.24, 2.45) is 0 Å². The number of aromatic nitrogens is 3. The lowest BCUT2D eigenvalue weighted by Gasteiger charge is -2.18. The number of ether oxygens (including phenoxy) is 2. The predicted molar refractivity (Wildman–Crippen MR) is 104 cm³/mol. The lowest BCUT2D eigenvalue weighted by Crippen LogP contribution is -2.03. The fourth-order valence-electron chi connectivity index (χ4n) is 2.56. The molecule has 0 saturated heterocycles. The number of anilines is 2. The van der Waals surface area contributed by atoms with Crippen LogP contribution in [0.1, 0.15) is 30.3 Å². The van der Waals surface area contributed by atoms with Crippen LogP contribution in [-0.2, 0) is 0 Å². The third kappa shape index (κ3) is 3.55. The quantitative estimate of drug-likeness (QED) is 0.697. The van der Waals surface area contributed by atoms with Crippen molar-refractivity contribution in [3.63, 3.8) is 0 Å². The topological polar surface area (TPSA) is 109 Å². The summed E-state index contributed by atoms with van der Waals surface area (Å²) in [5, 5.41) is 0.980. The normalized spacial score (nSPS) is 11.0. The summed E-state index contributed by atoms with van der Waals surface area (Å²) in [6.45, 7) is 6.13. The summed E-state index contributed by atoms with van der Waals surface area (Å²) in [5.74, 6) is 2.31. The summed E-state index contributed by atoms with van der Waals surface area (Å²) >= 11 is 1.59. The molecule has 0 aliphatic rings. The van der Waals surface area contributed by atoms with E-state index in [4.69, 9.17) is 20.9 Å². The van der Waals surface area contributed by atoms with Gasteiger partial charge in [-0.1, -0.05) is 13.8 Å². The minimum atomic E-state index is 0.106. The number of nitrogens with zero attached hydrogens (tertiary/aromatic N) is 3. The average Bonchev–Trinajstić information content (AvgIpc) is 3.03. The van der Waals surface area contributed by atoms with E-state index in [0.29, 0.717) is 11.5 Å². The Morgan fingerprint density at radius 1 is 1.04 bits per heavy atom. The van der Waals surface area contributed by atoms with Crippen molar-refractivity contribution in [2.45, 2.75) is 26.7 Å². The molecule has 0 radical (unpaired) electrons. The number of nitrogen functional groups attached to an aromatic ring is 2. The van der Waals surface area contributed by atoms with Crippen LogP contribution in [-0.4, -0.2) is 22.1 Å². The molecule has 2 aromatic heterocycles. The molecule has 0 aliphatic heterocycles. The van der Waals surface area contributed by atoms with Gasteiger partial charge in [0.1, 0.15) is 11.5 Å². The highest BCUT2D eigenvalue weighted by Crippen LogP contribution is 2.42. The zero-order chi connectivity index (χ0) is 18.8. The molecular weight excluding hydrogens is 350 g/mol. The van der Waals surface area contributed by atoms with Gasteiger partial charge in [-0.25, -0.2) is 9.97 Å². The number of methoxy groups -OCH3 is 1. The zero-order valence-corrected chi connectivity index (χ0v) is 15.9. The Balaban J connectivity index is 2.12. The van der Waals surface area contributed by atoms with E-state index in [1.54, 1.807) is 18.4 Å². The van der Waals surface area contributed by atoms with Crippen LogP contribution in [0.25, 0.3) is 10.4 Å². The minimum absolute atomic E-state index is 0.106. The maximum absolute atomic E-state index is 6.05. The molecule has 8 heteroatoms. The van der Waals surface area contributed by atoms with E-state index >= 15 is 0 Å². The number of aryl methyl sites for hydroxylation is 1. The van der Waals surface area contributed by atoms with E-state index in [-0.39, 0.29) is 17.7 Å². The van der Waals surface area contributed by atoms with Crippen LogP contribution >= 0.6 is 11.3 Å². The molecule has 1 aromatic carbocycles. The first-order valence-corrected chi connectivity index (χ1v) is 8.91. The standard InChI is InChI=1S/C18H21N5O2S/c1-9(2)11-5-13(24-4)12(16-8-21-10(3)26-16)6-14(11)25-15-7-22-18(20)23-17(15)19/h5-9H,1-4H3,(H4,19,20,22,23). The van der Waals surface area contributed by atoms with Crippen molar-refractivity contribution < 1.29 is 9.47 Å². The monoisotopic (exact) mass is 371 g/mol. The first-order chi connectivity index (χ1) is 12.4. The third-order valence-electron chi connectivity index (χ3n) is 3.86. The van der Waals surface area contributed by atoms with E-state index in [1.165, 1.54) is 6.20 Å². The summed E-state index contributed by atoms with van der Waals surface area (Å²) in [7, 11) is 1.66. The fraction of sp³-hybridized carbons (Fsp3) is 0.278. The van der Waals surface area contributed by atoms with Crippen LogP contribution in [0.5, 0.6) is 17.2 Å². The van der Waals surface area contributed by atoms with Gasteiger partial charge < -0.3 is 20.9 Å². The number of thiazole rings is 1. The molecule has 3 rings (SSSR count). The van der Waals surface area contributed by atoms with Crippen molar-refractivity contribution >= 4 is 23.1 Å². The molecule has 0 fully saturated rings. The Hall–Kier alpha value is -2.87. The molecule has 0 saturated carbocycles. The fourth-order valence-corrected chi connectivity index (χ4v) is 3.36. The Morgan fingerprint density at radius 2 is 1.81 bits per heavy atom. The molecule has 0 unspecified atom stereocenters. The van der Waals surface area contributed by atoms with Crippen LogP contribution < -0.4 is 20.9 Å². The summed E-state index contributed by atoms with van der Waals surface area (Å²) in [4.78, 5) is 13.2. The molecule has 0 bridgehead atoms. The second kappa shape index (κ2) is 7.17. The Morgan fingerprint density at radius 3 is 2.38 bits per heavy atom. The number of rotatable bonds is 5. The third-order valence-corrected chi connectivity index (χ3v) is 4.81. The lowest BCUT2D eigenvalue weighted by molar-refractivity contribution is 0.413. The number of nitrogens with two attached hydrogens (primary N) is 2. The summed E-state index contributed by atoms with van der Waals surface area (Å²) in [5.41, 5.74) is 13.4. The smallest absolute Gasteiger partial charge is 0.222 e. The number of hydrogen-bond donors (Lipinski definition) is 2. The molecule has 2 heterocycles. The molecule has 7 nitrogen and oxygen atoms in total. The van der Waals surface area contributed by atoms with Gasteiger partial charge >= 0.3 is 0 Å². The number of benzene rings is 1. The maximum Gasteiger partial charge on any atom is 0.222 e. The molecule has 26 heavy (non-hydrogen) atoms. The minimum Gasteiger partial charge on any atom is -0.496 e. The van der Waals surface area contributed by atoms with E-state index < -0.39 is 0 Å². The second-order valence-corrected chi connectivity index (χ2v) is 7.30. The van der Waals surface area contributed by atoms with Gasteiger partial charge in [0, 0.05) is 17.3 Å². The molecule has 0 aliphatic carbocycles. The van der Waals surface area contributed by atoms with Gasteiger partial charge in [-0.05, 0) is 25.0 Å². The largest absolute Gasteiger partial charge is 0.496 e. The van der Waals surface area contributed by atoms with Gasteiger partial charge in [-0.2, -0.15) is 4.98 Å². The molecule has 0 amide bonds. The highest BCUT2D eigenvalue weighted by molar-refractivity contribution is 7.15.